The van der Waals surface area contributed by atoms with E-state index < -0.39 is 0 Å². The molecule has 0 atom stereocenters. The number of ketones is 1. The summed E-state index contributed by atoms with van der Waals surface area (Å²) in [4.78, 5) is 12.4. The van der Waals surface area contributed by atoms with Gasteiger partial charge < -0.3 is 0 Å². The fourth-order valence-electron chi connectivity index (χ4n) is 2.92. The molecule has 1 fully saturated rings. The Bertz CT molecular complexity index is 389. The fraction of sp³-hybridized carbons (Fsp3) is 0.714. The van der Waals surface area contributed by atoms with Gasteiger partial charge in [0.2, 0.25) is 0 Å². The van der Waals surface area contributed by atoms with E-state index >= 15 is 0 Å². The van der Waals surface area contributed by atoms with Crippen LogP contribution in [0.4, 0.5) is 0 Å². The van der Waals surface area contributed by atoms with E-state index in [1.165, 1.54) is 12.8 Å². The zero-order chi connectivity index (χ0) is 12.3. The van der Waals surface area contributed by atoms with Gasteiger partial charge in [-0.15, -0.1) is 0 Å². The Labute approximate surface area is 103 Å². The molecule has 17 heavy (non-hydrogen) atoms. The van der Waals surface area contributed by atoms with Gasteiger partial charge in [0.05, 0.1) is 6.20 Å². The number of carbonyl (C=O) groups excluding carboxylic acids is 1. The second-order valence-electron chi connectivity index (χ2n) is 5.15. The summed E-state index contributed by atoms with van der Waals surface area (Å²) in [6.45, 7) is 5.08. The molecule has 1 aliphatic rings. The first-order valence-electron chi connectivity index (χ1n) is 6.75. The molecule has 0 bridgehead atoms. The highest BCUT2D eigenvalue weighted by Gasteiger charge is 2.38. The molecule has 1 aliphatic carbocycles. The average Bonchev–Trinajstić information content (AvgIpc) is 2.97. The normalized spacial score (nSPS) is 18.5. The van der Waals surface area contributed by atoms with Gasteiger partial charge in [-0.3, -0.25) is 9.48 Å². The van der Waals surface area contributed by atoms with Crippen LogP contribution in [0.2, 0.25) is 0 Å². The first-order valence-corrected chi connectivity index (χ1v) is 6.75. The smallest absolute Gasteiger partial charge is 0.143 e. The van der Waals surface area contributed by atoms with Gasteiger partial charge in [-0.2, -0.15) is 5.10 Å². The molecule has 0 saturated heterocycles. The lowest BCUT2D eigenvalue weighted by Crippen LogP contribution is -2.28. The topological polar surface area (TPSA) is 34.9 Å². The van der Waals surface area contributed by atoms with Gasteiger partial charge in [-0.1, -0.05) is 19.8 Å². The summed E-state index contributed by atoms with van der Waals surface area (Å²) < 4.78 is 1.88. The number of hydrogen-bond donors (Lipinski definition) is 0. The van der Waals surface area contributed by atoms with Crippen molar-refractivity contribution in [3.63, 3.8) is 0 Å². The van der Waals surface area contributed by atoms with E-state index in [0.717, 1.165) is 31.4 Å². The maximum absolute atomic E-state index is 12.4. The minimum absolute atomic E-state index is 0.0195. The van der Waals surface area contributed by atoms with Crippen LogP contribution in [0.3, 0.4) is 0 Å². The summed E-state index contributed by atoms with van der Waals surface area (Å²) in [5.74, 6) is 0.424. The maximum atomic E-state index is 12.4. The Morgan fingerprint density at radius 3 is 2.65 bits per heavy atom. The van der Waals surface area contributed by atoms with Crippen molar-refractivity contribution in [3.05, 3.63) is 18.0 Å². The Morgan fingerprint density at radius 2 is 2.12 bits per heavy atom. The monoisotopic (exact) mass is 234 g/mol. The molecule has 1 aromatic rings. The van der Waals surface area contributed by atoms with Crippen molar-refractivity contribution in [2.75, 3.05) is 0 Å². The number of rotatable bonds is 5. The Kier molecular flexibility index (Phi) is 3.65. The third-order valence-electron chi connectivity index (χ3n) is 4.20. The highest BCUT2D eigenvalue weighted by molar-refractivity contribution is 5.86. The Morgan fingerprint density at radius 1 is 1.41 bits per heavy atom. The molecule has 3 nitrogen and oxygen atoms in total. The second-order valence-corrected chi connectivity index (χ2v) is 5.15. The molecule has 0 N–H and O–H groups in total. The molecular formula is C14H22N2O. The number of aryl methyl sites for hydroxylation is 1. The summed E-state index contributed by atoms with van der Waals surface area (Å²) in [5.41, 5.74) is 1.05. The molecule has 1 heterocycles. The predicted octanol–water partition coefficient (Wildman–Crippen LogP) is 2.99. The van der Waals surface area contributed by atoms with Gasteiger partial charge in [-0.05, 0) is 31.7 Å². The van der Waals surface area contributed by atoms with Gasteiger partial charge >= 0.3 is 0 Å². The van der Waals surface area contributed by atoms with Crippen molar-refractivity contribution in [1.29, 1.82) is 0 Å². The van der Waals surface area contributed by atoms with E-state index in [4.69, 9.17) is 0 Å². The molecule has 2 rings (SSSR count). The largest absolute Gasteiger partial charge is 0.299 e. The van der Waals surface area contributed by atoms with Crippen LogP contribution in [-0.2, 0) is 17.8 Å². The van der Waals surface area contributed by atoms with E-state index in [-0.39, 0.29) is 5.41 Å². The molecular weight excluding hydrogens is 212 g/mol. The lowest BCUT2D eigenvalue weighted by Gasteiger charge is -2.25. The van der Waals surface area contributed by atoms with Crippen molar-refractivity contribution in [2.24, 2.45) is 5.41 Å². The lowest BCUT2D eigenvalue weighted by molar-refractivity contribution is -0.128. The molecule has 94 valence electrons. The summed E-state index contributed by atoms with van der Waals surface area (Å²) in [6.07, 6.45) is 9.99. The quantitative estimate of drug-likeness (QED) is 0.785. The molecule has 3 heteroatoms. The van der Waals surface area contributed by atoms with Crippen molar-refractivity contribution >= 4 is 5.78 Å². The molecule has 0 amide bonds. The molecule has 0 aliphatic heterocycles. The van der Waals surface area contributed by atoms with E-state index in [9.17, 15) is 4.79 Å². The zero-order valence-electron chi connectivity index (χ0n) is 10.9. The lowest BCUT2D eigenvalue weighted by atomic mass is 9.77. The first-order chi connectivity index (χ1) is 8.20. The Hall–Kier alpha value is -1.12. The SMILES string of the molecule is CCn1cc(CC(=O)C2(CC)CCCC2)cn1. The molecule has 0 radical (unpaired) electrons. The van der Waals surface area contributed by atoms with Crippen LogP contribution in [0.1, 0.15) is 51.5 Å². The highest BCUT2D eigenvalue weighted by Crippen LogP contribution is 2.42. The summed E-state index contributed by atoms with van der Waals surface area (Å²) in [5, 5.41) is 4.23. The highest BCUT2D eigenvalue weighted by atomic mass is 16.1. The van der Waals surface area contributed by atoms with Crippen LogP contribution in [0, 0.1) is 5.41 Å². The van der Waals surface area contributed by atoms with Crippen LogP contribution in [0.5, 0.6) is 0 Å². The van der Waals surface area contributed by atoms with Crippen molar-refractivity contribution in [1.82, 2.24) is 9.78 Å². The standard InChI is InChI=1S/C14H22N2O/c1-3-14(7-5-6-8-14)13(17)9-12-10-15-16(4-2)11-12/h10-11H,3-9H2,1-2H3. The van der Waals surface area contributed by atoms with E-state index in [0.29, 0.717) is 12.2 Å². The number of aromatic nitrogens is 2. The van der Waals surface area contributed by atoms with Crippen LogP contribution >= 0.6 is 0 Å². The van der Waals surface area contributed by atoms with Gasteiger partial charge in [0.1, 0.15) is 5.78 Å². The predicted molar refractivity (Wildman–Crippen MR) is 67.8 cm³/mol. The number of Topliss-reactive ketones (excluding diaryl/α,β-unsaturated/α-hetero) is 1. The van der Waals surface area contributed by atoms with Gasteiger partial charge in [0.15, 0.2) is 0 Å². The van der Waals surface area contributed by atoms with Crippen LogP contribution in [-0.4, -0.2) is 15.6 Å². The second kappa shape index (κ2) is 5.03. The van der Waals surface area contributed by atoms with Crippen molar-refractivity contribution in [2.45, 2.75) is 58.9 Å². The molecule has 1 aromatic heterocycles. The molecule has 1 saturated carbocycles. The Balaban J connectivity index is 2.05. The van der Waals surface area contributed by atoms with Crippen LogP contribution in [0.15, 0.2) is 12.4 Å². The van der Waals surface area contributed by atoms with Gasteiger partial charge in [0, 0.05) is 24.6 Å². The van der Waals surface area contributed by atoms with E-state index in [2.05, 4.69) is 18.9 Å². The minimum Gasteiger partial charge on any atom is -0.299 e. The van der Waals surface area contributed by atoms with Gasteiger partial charge in [0.25, 0.3) is 0 Å². The van der Waals surface area contributed by atoms with Gasteiger partial charge in [-0.25, -0.2) is 0 Å². The van der Waals surface area contributed by atoms with Crippen molar-refractivity contribution < 1.29 is 4.79 Å². The minimum atomic E-state index is -0.0195. The molecule has 0 aromatic carbocycles. The van der Waals surface area contributed by atoms with Crippen LogP contribution in [0.25, 0.3) is 0 Å². The maximum Gasteiger partial charge on any atom is 0.143 e. The number of carbonyl (C=O) groups is 1. The van der Waals surface area contributed by atoms with Crippen LogP contribution < -0.4 is 0 Å². The number of hydrogen-bond acceptors (Lipinski definition) is 2. The summed E-state index contributed by atoms with van der Waals surface area (Å²) in [7, 11) is 0. The molecule has 0 spiro atoms. The average molecular weight is 234 g/mol. The van der Waals surface area contributed by atoms with Crippen molar-refractivity contribution in [3.8, 4) is 0 Å². The fourth-order valence-corrected chi connectivity index (χ4v) is 2.92. The third-order valence-corrected chi connectivity index (χ3v) is 4.20. The summed E-state index contributed by atoms with van der Waals surface area (Å²) >= 11 is 0. The van der Waals surface area contributed by atoms with E-state index in [1.807, 2.05) is 17.1 Å². The van der Waals surface area contributed by atoms with E-state index in [1.54, 1.807) is 0 Å². The molecule has 0 unspecified atom stereocenters. The first kappa shape index (κ1) is 12.3. The summed E-state index contributed by atoms with van der Waals surface area (Å²) in [6, 6.07) is 0. The number of nitrogens with zero attached hydrogens (tertiary/aromatic N) is 2. The zero-order valence-corrected chi connectivity index (χ0v) is 10.9. The third kappa shape index (κ3) is 2.43.